The fourth-order valence-corrected chi connectivity index (χ4v) is 8.42. The van der Waals surface area contributed by atoms with Gasteiger partial charge in [0.2, 0.25) is 6.08 Å². The molecule has 0 saturated carbocycles. The van der Waals surface area contributed by atoms with Crippen molar-refractivity contribution in [1.82, 2.24) is 0 Å². The van der Waals surface area contributed by atoms with Gasteiger partial charge in [-0.3, -0.25) is 0 Å². The van der Waals surface area contributed by atoms with Crippen LogP contribution < -0.4 is 0 Å². The molecule has 4 heteroatoms. The number of hydrogen-bond acceptors (Lipinski definition) is 2. The summed E-state index contributed by atoms with van der Waals surface area (Å²) in [6, 6.07) is 0. The van der Waals surface area contributed by atoms with Crippen molar-refractivity contribution in [3.63, 3.8) is 0 Å². The zero-order chi connectivity index (χ0) is 32.2. The first kappa shape index (κ1) is 43.9. The Bertz CT molecular complexity index is 601. The molecule has 0 aromatic rings. The summed E-state index contributed by atoms with van der Waals surface area (Å²) in [6.45, 7) is 6.45. The zero-order valence-electron chi connectivity index (χ0n) is 30.6. The maximum absolute atomic E-state index is 10.6. The number of halogens is 1. The molecular formula is C40H80ClNOSi. The average Bonchev–Trinajstić information content (AvgIpc) is 3.00. The van der Waals surface area contributed by atoms with Crippen LogP contribution in [0.1, 0.15) is 232 Å². The summed E-state index contributed by atoms with van der Waals surface area (Å²) >= 11 is 6.47. The molecule has 2 nitrogen and oxygen atoms in total. The van der Waals surface area contributed by atoms with E-state index in [0.717, 1.165) is 12.8 Å². The van der Waals surface area contributed by atoms with Gasteiger partial charge in [0.1, 0.15) is 0 Å². The van der Waals surface area contributed by atoms with Crippen molar-refractivity contribution in [2.45, 2.75) is 250 Å². The molecule has 44 heavy (non-hydrogen) atoms. The van der Waals surface area contributed by atoms with Gasteiger partial charge < -0.3 is 0 Å². The number of aliphatic imine (C=N–C) groups is 1. The second kappa shape index (κ2) is 35.7. The maximum Gasteiger partial charge on any atom is 0.234 e. The van der Waals surface area contributed by atoms with E-state index in [9.17, 15) is 4.79 Å². The molecule has 0 aliphatic heterocycles. The van der Waals surface area contributed by atoms with E-state index >= 15 is 0 Å². The molecule has 1 atom stereocenters. The van der Waals surface area contributed by atoms with Crippen molar-refractivity contribution in [2.75, 3.05) is 0 Å². The number of unbranched alkanes of at least 4 members (excludes halogenated alkanes) is 33. The maximum atomic E-state index is 10.6. The van der Waals surface area contributed by atoms with Crippen LogP contribution in [-0.2, 0) is 4.79 Å². The quantitative estimate of drug-likeness (QED) is 0.0216. The Morgan fingerprint density at radius 3 is 0.818 bits per heavy atom. The van der Waals surface area contributed by atoms with Gasteiger partial charge >= 0.3 is 0 Å². The SMILES string of the molecule is CCCCCCCCCCCCCCCCCCCCCCCCCCCCCCCCCCCCC(N=C=O)[Si](C)(C)Cl. The van der Waals surface area contributed by atoms with E-state index < -0.39 is 7.38 Å². The Kier molecular flexibility index (Phi) is 35.6. The van der Waals surface area contributed by atoms with Crippen molar-refractivity contribution >= 4 is 24.5 Å². The first-order valence-electron chi connectivity index (χ1n) is 20.3. The normalized spacial score (nSPS) is 12.5. The van der Waals surface area contributed by atoms with Gasteiger partial charge in [0, 0.05) is 0 Å². The van der Waals surface area contributed by atoms with Crippen molar-refractivity contribution in [3.8, 4) is 0 Å². The molecule has 0 aliphatic carbocycles. The van der Waals surface area contributed by atoms with Crippen LogP contribution in [0.5, 0.6) is 0 Å². The van der Waals surface area contributed by atoms with Crippen molar-refractivity contribution in [2.24, 2.45) is 4.99 Å². The van der Waals surface area contributed by atoms with Crippen LogP contribution in [0, 0.1) is 0 Å². The number of hydrogen-bond donors (Lipinski definition) is 0. The Balaban J connectivity index is 3.15. The predicted octanol–water partition coefficient (Wildman–Crippen LogP) is 15.3. The summed E-state index contributed by atoms with van der Waals surface area (Å²) in [6.07, 6.45) is 51.5. The molecule has 262 valence electrons. The smallest absolute Gasteiger partial charge is 0.211 e. The van der Waals surface area contributed by atoms with Gasteiger partial charge in [-0.1, -0.05) is 238 Å². The monoisotopic (exact) mass is 654 g/mol. The summed E-state index contributed by atoms with van der Waals surface area (Å²) in [5.41, 5.74) is 0.0324. The molecule has 0 amide bonds. The second-order valence-electron chi connectivity index (χ2n) is 14.8. The first-order chi connectivity index (χ1) is 21.5. The molecule has 0 radical (unpaired) electrons. The molecule has 0 saturated heterocycles. The standard InChI is InChI=1S/C40H80ClNOSi/c1-4-5-6-7-8-9-10-11-12-13-14-15-16-17-18-19-20-21-22-23-24-25-26-27-28-29-30-31-32-33-34-35-36-37-38-40(42-39-43)44(2,3)41/h40H,4-38H2,1-3H3. The Hall–Kier alpha value is -0.113. The number of isocyanates is 1. The second-order valence-corrected chi connectivity index (χ2v) is 21.5. The van der Waals surface area contributed by atoms with Gasteiger partial charge in [0.15, 0.2) is 7.38 Å². The van der Waals surface area contributed by atoms with Gasteiger partial charge in [-0.25, -0.2) is 9.79 Å². The van der Waals surface area contributed by atoms with E-state index in [0.29, 0.717) is 0 Å². The lowest BCUT2D eigenvalue weighted by atomic mass is 10.0. The number of rotatable bonds is 37. The van der Waals surface area contributed by atoms with E-state index in [4.69, 9.17) is 11.1 Å². The molecule has 0 spiro atoms. The fraction of sp³-hybridized carbons (Fsp3) is 0.975. The topological polar surface area (TPSA) is 29.4 Å². The van der Waals surface area contributed by atoms with Crippen LogP contribution in [0.3, 0.4) is 0 Å². The molecule has 0 aromatic heterocycles. The summed E-state index contributed by atoms with van der Waals surface area (Å²) < 4.78 is 0. The summed E-state index contributed by atoms with van der Waals surface area (Å²) in [4.78, 5) is 14.6. The fourth-order valence-electron chi connectivity index (χ4n) is 6.69. The van der Waals surface area contributed by atoms with Gasteiger partial charge in [-0.2, -0.15) is 11.1 Å². The van der Waals surface area contributed by atoms with E-state index in [1.807, 2.05) is 0 Å². The van der Waals surface area contributed by atoms with Gasteiger partial charge in [0.25, 0.3) is 0 Å². The summed E-state index contributed by atoms with van der Waals surface area (Å²) in [5.74, 6) is 0. The lowest BCUT2D eigenvalue weighted by molar-refractivity contribution is 0.510. The highest BCUT2D eigenvalue weighted by molar-refractivity contribution is 7.19. The lowest BCUT2D eigenvalue weighted by Crippen LogP contribution is -2.34. The Labute approximate surface area is 283 Å². The molecule has 0 aliphatic rings. The average molecular weight is 655 g/mol. The predicted molar refractivity (Wildman–Crippen MR) is 203 cm³/mol. The van der Waals surface area contributed by atoms with Crippen molar-refractivity contribution < 1.29 is 4.79 Å². The third-order valence-corrected chi connectivity index (χ3v) is 12.6. The zero-order valence-corrected chi connectivity index (χ0v) is 32.3. The van der Waals surface area contributed by atoms with Crippen LogP contribution >= 0.6 is 11.1 Å². The van der Waals surface area contributed by atoms with Gasteiger partial charge in [-0.05, 0) is 6.42 Å². The third kappa shape index (κ3) is 34.8. The van der Waals surface area contributed by atoms with Crippen molar-refractivity contribution in [3.05, 3.63) is 0 Å². The Morgan fingerprint density at radius 1 is 0.432 bits per heavy atom. The summed E-state index contributed by atoms with van der Waals surface area (Å²) in [5, 5.41) is 0. The Morgan fingerprint density at radius 2 is 0.636 bits per heavy atom. The highest BCUT2D eigenvalue weighted by Crippen LogP contribution is 2.22. The molecule has 0 rings (SSSR count). The van der Waals surface area contributed by atoms with Crippen LogP contribution in [-0.4, -0.2) is 19.1 Å². The van der Waals surface area contributed by atoms with Crippen LogP contribution in [0.15, 0.2) is 4.99 Å². The van der Waals surface area contributed by atoms with E-state index in [-0.39, 0.29) is 5.67 Å². The molecule has 0 fully saturated rings. The van der Waals surface area contributed by atoms with Crippen LogP contribution in [0.4, 0.5) is 0 Å². The molecule has 0 N–H and O–H groups in total. The largest absolute Gasteiger partial charge is 0.234 e. The molecule has 0 aromatic carbocycles. The molecule has 0 bridgehead atoms. The van der Waals surface area contributed by atoms with Crippen LogP contribution in [0.2, 0.25) is 13.1 Å². The molecular weight excluding hydrogens is 574 g/mol. The number of carbonyl (C=O) groups excluding carboxylic acids is 1. The lowest BCUT2D eigenvalue weighted by Gasteiger charge is -2.20. The third-order valence-electron chi connectivity index (χ3n) is 9.83. The molecule has 0 heterocycles. The number of nitrogens with zero attached hydrogens (tertiary/aromatic N) is 1. The highest BCUT2D eigenvalue weighted by Gasteiger charge is 2.29. The minimum atomic E-state index is -1.89. The van der Waals surface area contributed by atoms with E-state index in [1.54, 1.807) is 6.08 Å². The minimum absolute atomic E-state index is 0.0324. The first-order valence-corrected chi connectivity index (χ1v) is 24.4. The van der Waals surface area contributed by atoms with Crippen LogP contribution in [0.25, 0.3) is 0 Å². The highest BCUT2D eigenvalue weighted by atomic mass is 35.6. The minimum Gasteiger partial charge on any atom is -0.211 e. The van der Waals surface area contributed by atoms with E-state index in [2.05, 4.69) is 25.0 Å². The molecule has 1 unspecified atom stereocenters. The van der Waals surface area contributed by atoms with Gasteiger partial charge in [-0.15, -0.1) is 0 Å². The summed E-state index contributed by atoms with van der Waals surface area (Å²) in [7, 11) is -1.89. The van der Waals surface area contributed by atoms with Crippen molar-refractivity contribution in [1.29, 1.82) is 0 Å². The van der Waals surface area contributed by atoms with Gasteiger partial charge in [0.05, 0.1) is 5.67 Å². The van der Waals surface area contributed by atoms with E-state index in [1.165, 1.54) is 212 Å².